The molecule has 2 rings (SSSR count). The lowest BCUT2D eigenvalue weighted by atomic mass is 10.00. The minimum absolute atomic E-state index is 0.0680. The molecule has 1 aromatic carbocycles. The lowest BCUT2D eigenvalue weighted by Crippen LogP contribution is -2.58. The molecule has 4 unspecified atom stereocenters. The van der Waals surface area contributed by atoms with Gasteiger partial charge in [-0.25, -0.2) is 4.79 Å². The topological polar surface area (TPSA) is 162 Å². The first-order valence-electron chi connectivity index (χ1n) is 10.7. The minimum Gasteiger partial charge on any atom is -0.508 e. The molecule has 3 amide bonds. The smallest absolute Gasteiger partial charge is 0.326 e. The number of carboxylic acids is 1. The van der Waals surface area contributed by atoms with Crippen LogP contribution in [0.5, 0.6) is 5.75 Å². The number of likely N-dealkylation sites (tertiary alicyclic amines) is 1. The number of carboxylic acid groups (broad SMARTS) is 1. The summed E-state index contributed by atoms with van der Waals surface area (Å²) in [5.74, 6) is -2.87. The number of carbonyl (C=O) groups excluding carboxylic acids is 3. The second-order valence-electron chi connectivity index (χ2n) is 8.48. The first kappa shape index (κ1) is 25.1. The number of phenolic OH excluding ortho intramolecular Hbond substituents is 1. The van der Waals surface area contributed by atoms with Gasteiger partial charge < -0.3 is 31.5 Å². The van der Waals surface area contributed by atoms with Gasteiger partial charge in [0.2, 0.25) is 17.7 Å². The van der Waals surface area contributed by atoms with Crippen LogP contribution in [0.4, 0.5) is 0 Å². The number of rotatable bonds is 9. The normalized spacial score (nSPS) is 18.7. The number of carbonyl (C=O) groups is 4. The van der Waals surface area contributed by atoms with E-state index in [2.05, 4.69) is 10.6 Å². The summed E-state index contributed by atoms with van der Waals surface area (Å²) in [5, 5.41) is 24.2. The number of aromatic hydroxyl groups is 1. The zero-order valence-corrected chi connectivity index (χ0v) is 18.6. The van der Waals surface area contributed by atoms with Crippen molar-refractivity contribution in [2.45, 2.75) is 64.2 Å². The van der Waals surface area contributed by atoms with Crippen molar-refractivity contribution in [2.24, 2.45) is 11.7 Å². The van der Waals surface area contributed by atoms with Crippen molar-refractivity contribution in [3.05, 3.63) is 29.8 Å². The summed E-state index contributed by atoms with van der Waals surface area (Å²) in [4.78, 5) is 51.2. The first-order valence-corrected chi connectivity index (χ1v) is 10.7. The highest BCUT2D eigenvalue weighted by atomic mass is 16.4. The number of aliphatic carboxylic acids is 1. The Morgan fingerprint density at radius 1 is 1.09 bits per heavy atom. The van der Waals surface area contributed by atoms with Crippen LogP contribution in [0.3, 0.4) is 0 Å². The summed E-state index contributed by atoms with van der Waals surface area (Å²) < 4.78 is 0. The molecule has 10 nitrogen and oxygen atoms in total. The second kappa shape index (κ2) is 10.9. The molecule has 1 aliphatic heterocycles. The summed E-state index contributed by atoms with van der Waals surface area (Å²) in [6.45, 7) is 5.31. The summed E-state index contributed by atoms with van der Waals surface area (Å²) in [6.07, 6.45) is 1.06. The molecular formula is C22H32N4O6. The third-order valence-electron chi connectivity index (χ3n) is 5.47. The van der Waals surface area contributed by atoms with Gasteiger partial charge in [0.05, 0.1) is 6.04 Å². The third kappa shape index (κ3) is 6.43. The van der Waals surface area contributed by atoms with Crippen LogP contribution in [0.25, 0.3) is 0 Å². The van der Waals surface area contributed by atoms with Crippen LogP contribution in [0, 0.1) is 5.92 Å². The van der Waals surface area contributed by atoms with Crippen molar-refractivity contribution in [1.29, 1.82) is 0 Å². The first-order chi connectivity index (χ1) is 15.0. The summed E-state index contributed by atoms with van der Waals surface area (Å²) in [7, 11) is 0. The number of benzene rings is 1. The van der Waals surface area contributed by atoms with Gasteiger partial charge in [-0.15, -0.1) is 0 Å². The lowest BCUT2D eigenvalue weighted by molar-refractivity contribution is -0.150. The highest BCUT2D eigenvalue weighted by Crippen LogP contribution is 2.20. The minimum atomic E-state index is -1.07. The van der Waals surface area contributed by atoms with Crippen LogP contribution in [0.15, 0.2) is 24.3 Å². The van der Waals surface area contributed by atoms with Gasteiger partial charge in [-0.3, -0.25) is 14.4 Å². The van der Waals surface area contributed by atoms with Crippen molar-refractivity contribution in [3.8, 4) is 5.75 Å². The van der Waals surface area contributed by atoms with E-state index in [-0.39, 0.29) is 18.1 Å². The summed E-state index contributed by atoms with van der Waals surface area (Å²) in [5.41, 5.74) is 6.31. The summed E-state index contributed by atoms with van der Waals surface area (Å²) >= 11 is 0. The van der Waals surface area contributed by atoms with E-state index in [0.29, 0.717) is 24.9 Å². The Bertz CT molecular complexity index is 839. The largest absolute Gasteiger partial charge is 0.508 e. The molecule has 0 aliphatic carbocycles. The molecule has 0 spiro atoms. The second-order valence-corrected chi connectivity index (χ2v) is 8.48. The Labute approximate surface area is 187 Å². The molecule has 10 heteroatoms. The molecular weight excluding hydrogens is 416 g/mol. The molecule has 6 N–H and O–H groups in total. The lowest BCUT2D eigenvalue weighted by Gasteiger charge is -2.30. The van der Waals surface area contributed by atoms with E-state index in [1.165, 1.54) is 24.0 Å². The van der Waals surface area contributed by atoms with Crippen LogP contribution in [0.2, 0.25) is 0 Å². The maximum absolute atomic E-state index is 13.1. The van der Waals surface area contributed by atoms with Gasteiger partial charge in [0.25, 0.3) is 0 Å². The average molecular weight is 449 g/mol. The van der Waals surface area contributed by atoms with Gasteiger partial charge in [-0.05, 0) is 43.4 Å². The van der Waals surface area contributed by atoms with E-state index >= 15 is 0 Å². The molecule has 0 aromatic heterocycles. The number of nitrogens with zero attached hydrogens (tertiary/aromatic N) is 1. The van der Waals surface area contributed by atoms with E-state index in [9.17, 15) is 29.4 Å². The molecule has 1 aliphatic rings. The van der Waals surface area contributed by atoms with E-state index in [4.69, 9.17) is 5.73 Å². The Balaban J connectivity index is 2.21. The van der Waals surface area contributed by atoms with Crippen LogP contribution < -0.4 is 16.4 Å². The third-order valence-corrected chi connectivity index (χ3v) is 5.47. The number of phenols is 1. The molecule has 0 radical (unpaired) electrons. The number of amides is 3. The van der Waals surface area contributed by atoms with Crippen molar-refractivity contribution in [1.82, 2.24) is 15.5 Å². The standard InChI is InChI=1S/C22H32N4O6/c1-12(2)18(21(30)26-10-4-5-17(26)22(31)32)25-20(29)16(24-19(28)13(3)23)11-14-6-8-15(27)9-7-14/h6-9,12-13,16-18,27H,4-5,10-11,23H2,1-3H3,(H,24,28)(H,25,29)(H,31,32). The number of nitrogens with one attached hydrogen (secondary N) is 2. The van der Waals surface area contributed by atoms with Crippen LogP contribution in [0.1, 0.15) is 39.2 Å². The van der Waals surface area contributed by atoms with E-state index in [0.717, 1.165) is 0 Å². The molecule has 0 bridgehead atoms. The maximum Gasteiger partial charge on any atom is 0.326 e. The van der Waals surface area contributed by atoms with E-state index in [1.54, 1.807) is 26.0 Å². The van der Waals surface area contributed by atoms with Gasteiger partial charge in [0.1, 0.15) is 23.9 Å². The maximum atomic E-state index is 13.1. The number of hydrogen-bond acceptors (Lipinski definition) is 6. The monoisotopic (exact) mass is 448 g/mol. The van der Waals surface area contributed by atoms with Gasteiger partial charge in [0, 0.05) is 13.0 Å². The fourth-order valence-corrected chi connectivity index (χ4v) is 3.61. The quantitative estimate of drug-likeness (QED) is 0.355. The van der Waals surface area contributed by atoms with E-state index in [1.807, 2.05) is 0 Å². The highest BCUT2D eigenvalue weighted by Gasteiger charge is 2.39. The molecule has 1 heterocycles. The highest BCUT2D eigenvalue weighted by molar-refractivity contribution is 5.94. The summed E-state index contributed by atoms with van der Waals surface area (Å²) in [6, 6.07) is 2.48. The number of hydrogen-bond donors (Lipinski definition) is 5. The fourth-order valence-electron chi connectivity index (χ4n) is 3.61. The Morgan fingerprint density at radius 3 is 2.25 bits per heavy atom. The van der Waals surface area contributed by atoms with Crippen molar-refractivity contribution >= 4 is 23.7 Å². The molecule has 4 atom stereocenters. The Morgan fingerprint density at radius 2 is 1.72 bits per heavy atom. The van der Waals surface area contributed by atoms with Gasteiger partial charge in [0.15, 0.2) is 0 Å². The van der Waals surface area contributed by atoms with Crippen molar-refractivity contribution in [3.63, 3.8) is 0 Å². The molecule has 0 saturated carbocycles. The van der Waals surface area contributed by atoms with Crippen molar-refractivity contribution < 1.29 is 29.4 Å². The fraction of sp³-hybridized carbons (Fsp3) is 0.545. The zero-order valence-electron chi connectivity index (χ0n) is 18.6. The molecule has 1 fully saturated rings. The van der Waals surface area contributed by atoms with E-state index < -0.39 is 47.9 Å². The average Bonchev–Trinajstić information content (AvgIpc) is 3.22. The van der Waals surface area contributed by atoms with Gasteiger partial charge in [-0.1, -0.05) is 26.0 Å². The molecule has 1 saturated heterocycles. The predicted octanol–water partition coefficient (Wildman–Crippen LogP) is -0.0169. The number of nitrogens with two attached hydrogens (primary N) is 1. The SMILES string of the molecule is CC(N)C(=O)NC(Cc1ccc(O)cc1)C(=O)NC(C(=O)N1CCCC1C(=O)O)C(C)C. The predicted molar refractivity (Wildman–Crippen MR) is 117 cm³/mol. The Kier molecular flexibility index (Phi) is 8.59. The van der Waals surface area contributed by atoms with Crippen LogP contribution in [-0.2, 0) is 25.6 Å². The molecule has 176 valence electrons. The molecule has 1 aromatic rings. The Hall–Kier alpha value is -3.14. The van der Waals surface area contributed by atoms with Gasteiger partial charge in [-0.2, -0.15) is 0 Å². The van der Waals surface area contributed by atoms with Gasteiger partial charge >= 0.3 is 5.97 Å². The molecule has 32 heavy (non-hydrogen) atoms. The van der Waals surface area contributed by atoms with Crippen LogP contribution >= 0.6 is 0 Å². The zero-order chi connectivity index (χ0) is 24.0. The van der Waals surface area contributed by atoms with Crippen LogP contribution in [-0.4, -0.2) is 69.5 Å². The van der Waals surface area contributed by atoms with Crippen molar-refractivity contribution in [2.75, 3.05) is 6.54 Å².